The van der Waals surface area contributed by atoms with Crippen LogP contribution in [0.5, 0.6) is 11.6 Å². The predicted octanol–water partition coefficient (Wildman–Crippen LogP) is 3.75. The molecule has 0 amide bonds. The summed E-state index contributed by atoms with van der Waals surface area (Å²) in [6.07, 6.45) is 0. The summed E-state index contributed by atoms with van der Waals surface area (Å²) in [7, 11) is 1.74. The highest BCUT2D eigenvalue weighted by Gasteiger charge is 2.09. The number of halogens is 2. The summed E-state index contributed by atoms with van der Waals surface area (Å²) in [5.74, 6) is 1.37. The smallest absolute Gasteiger partial charge is 0.224 e. The number of nitrogens with one attached hydrogen (secondary N) is 1. The molecule has 7 heteroatoms. The maximum atomic E-state index is 13.3. The zero-order chi connectivity index (χ0) is 15.2. The Kier molecular flexibility index (Phi) is 5.46. The molecule has 0 spiro atoms. The molecule has 0 fully saturated rings. The van der Waals surface area contributed by atoms with Crippen molar-refractivity contribution in [2.24, 2.45) is 0 Å². The molecule has 0 aliphatic rings. The van der Waals surface area contributed by atoms with Crippen LogP contribution in [0.2, 0.25) is 0 Å². The molecule has 0 unspecified atom stereocenters. The molecule has 1 heterocycles. The van der Waals surface area contributed by atoms with E-state index in [0.29, 0.717) is 34.4 Å². The normalized spacial score (nSPS) is 10.5. The first kappa shape index (κ1) is 15.7. The lowest BCUT2D eigenvalue weighted by atomic mass is 10.3. The van der Waals surface area contributed by atoms with Crippen molar-refractivity contribution in [1.82, 2.24) is 9.97 Å². The molecule has 1 aromatic heterocycles. The van der Waals surface area contributed by atoms with E-state index in [0.717, 1.165) is 0 Å². The molecular weight excluding hydrogens is 341 g/mol. The summed E-state index contributed by atoms with van der Waals surface area (Å²) >= 11 is 3.31. The number of hydrogen-bond donors (Lipinski definition) is 1. The summed E-state index contributed by atoms with van der Waals surface area (Å²) in [4.78, 5) is 8.50. The number of rotatable bonds is 6. The topological polar surface area (TPSA) is 56.3 Å². The third-order valence-electron chi connectivity index (χ3n) is 2.55. The lowest BCUT2D eigenvalue weighted by Crippen LogP contribution is -2.04. The van der Waals surface area contributed by atoms with Crippen LogP contribution in [0.4, 0.5) is 10.2 Å². The second-order valence-electron chi connectivity index (χ2n) is 4.07. The monoisotopic (exact) mass is 355 g/mol. The summed E-state index contributed by atoms with van der Waals surface area (Å²) < 4.78 is 24.8. The lowest BCUT2D eigenvalue weighted by Gasteiger charge is -2.10. The van der Waals surface area contributed by atoms with Crippen molar-refractivity contribution in [2.75, 3.05) is 19.0 Å². The van der Waals surface area contributed by atoms with Crippen LogP contribution in [0.15, 0.2) is 28.7 Å². The zero-order valence-electron chi connectivity index (χ0n) is 11.7. The Morgan fingerprint density at radius 3 is 2.81 bits per heavy atom. The molecule has 0 bridgehead atoms. The average molecular weight is 356 g/mol. The van der Waals surface area contributed by atoms with Crippen molar-refractivity contribution >= 4 is 21.7 Å². The van der Waals surface area contributed by atoms with Crippen LogP contribution < -0.4 is 10.1 Å². The summed E-state index contributed by atoms with van der Waals surface area (Å²) in [5, 5.41) is 2.92. The molecule has 0 saturated carbocycles. The van der Waals surface area contributed by atoms with E-state index >= 15 is 0 Å². The molecule has 0 radical (unpaired) electrons. The van der Waals surface area contributed by atoms with Crippen LogP contribution in [0.3, 0.4) is 0 Å². The van der Waals surface area contributed by atoms with E-state index in [9.17, 15) is 4.39 Å². The summed E-state index contributed by atoms with van der Waals surface area (Å²) in [6, 6.07) is 5.84. The molecule has 2 aromatic rings. The van der Waals surface area contributed by atoms with Gasteiger partial charge in [-0.15, -0.1) is 0 Å². The molecule has 1 N–H and O–H groups in total. The number of benzene rings is 1. The molecular formula is C14H15BrFN3O2. The third-order valence-corrected chi connectivity index (χ3v) is 3.20. The van der Waals surface area contributed by atoms with E-state index < -0.39 is 0 Å². The maximum Gasteiger partial charge on any atom is 0.224 e. The first-order valence-corrected chi connectivity index (χ1v) is 7.18. The highest BCUT2D eigenvalue weighted by Crippen LogP contribution is 2.30. The van der Waals surface area contributed by atoms with Gasteiger partial charge in [0.2, 0.25) is 5.88 Å². The van der Waals surface area contributed by atoms with E-state index in [1.807, 2.05) is 6.92 Å². The van der Waals surface area contributed by atoms with E-state index in [-0.39, 0.29) is 12.4 Å². The Morgan fingerprint density at radius 1 is 1.29 bits per heavy atom. The molecule has 5 nitrogen and oxygen atoms in total. The van der Waals surface area contributed by atoms with Crippen molar-refractivity contribution in [3.05, 3.63) is 40.4 Å². The van der Waals surface area contributed by atoms with Crippen LogP contribution in [-0.2, 0) is 11.3 Å². The average Bonchev–Trinajstić information content (AvgIpc) is 2.48. The second kappa shape index (κ2) is 7.33. The van der Waals surface area contributed by atoms with Crippen molar-refractivity contribution in [1.29, 1.82) is 0 Å². The van der Waals surface area contributed by atoms with Crippen molar-refractivity contribution in [3.8, 4) is 11.6 Å². The molecule has 112 valence electrons. The van der Waals surface area contributed by atoms with Crippen molar-refractivity contribution in [3.63, 3.8) is 0 Å². The summed E-state index contributed by atoms with van der Waals surface area (Å²) in [6.45, 7) is 2.74. The number of aromatic nitrogens is 2. The van der Waals surface area contributed by atoms with Gasteiger partial charge >= 0.3 is 0 Å². The standard InChI is InChI=1S/C14H15BrFN3O2/c1-3-20-8-13-18-12(17-2)7-14(19-13)21-11-6-9(16)4-5-10(11)15/h4-7H,3,8H2,1-2H3,(H,17,18,19). The van der Waals surface area contributed by atoms with Crippen LogP contribution in [0.1, 0.15) is 12.7 Å². The van der Waals surface area contributed by atoms with Gasteiger partial charge in [0.1, 0.15) is 24.0 Å². The number of ether oxygens (including phenoxy) is 2. The van der Waals surface area contributed by atoms with Gasteiger partial charge in [0.05, 0.1) is 4.47 Å². The first-order valence-electron chi connectivity index (χ1n) is 6.38. The Labute approximate surface area is 130 Å². The lowest BCUT2D eigenvalue weighted by molar-refractivity contribution is 0.128. The van der Waals surface area contributed by atoms with Crippen molar-refractivity contribution < 1.29 is 13.9 Å². The molecule has 0 atom stereocenters. The molecule has 0 saturated heterocycles. The van der Waals surface area contributed by atoms with Gasteiger partial charge in [-0.2, -0.15) is 4.98 Å². The Morgan fingerprint density at radius 2 is 2.10 bits per heavy atom. The van der Waals surface area contributed by atoms with E-state index in [1.54, 1.807) is 19.2 Å². The fourth-order valence-electron chi connectivity index (χ4n) is 1.58. The third kappa shape index (κ3) is 4.37. The van der Waals surface area contributed by atoms with E-state index in [1.165, 1.54) is 12.1 Å². The Balaban J connectivity index is 2.27. The Hall–Kier alpha value is -1.73. The van der Waals surface area contributed by atoms with Crippen molar-refractivity contribution in [2.45, 2.75) is 13.5 Å². The minimum Gasteiger partial charge on any atom is -0.438 e. The quantitative estimate of drug-likeness (QED) is 0.854. The van der Waals surface area contributed by atoms with Gasteiger partial charge in [0.25, 0.3) is 0 Å². The zero-order valence-corrected chi connectivity index (χ0v) is 13.3. The van der Waals surface area contributed by atoms with Gasteiger partial charge in [0.15, 0.2) is 5.82 Å². The van der Waals surface area contributed by atoms with Crippen LogP contribution >= 0.6 is 15.9 Å². The van der Waals surface area contributed by atoms with Gasteiger partial charge in [-0.05, 0) is 35.0 Å². The van der Waals surface area contributed by atoms with Gasteiger partial charge < -0.3 is 14.8 Å². The minimum absolute atomic E-state index is 0.284. The molecule has 0 aliphatic heterocycles. The fraction of sp³-hybridized carbons (Fsp3) is 0.286. The first-order chi connectivity index (χ1) is 10.1. The van der Waals surface area contributed by atoms with Crippen LogP contribution in [0, 0.1) is 5.82 Å². The molecule has 21 heavy (non-hydrogen) atoms. The Bertz CT molecular complexity index is 625. The summed E-state index contributed by atoms with van der Waals surface area (Å²) in [5.41, 5.74) is 0. The van der Waals surface area contributed by atoms with Gasteiger partial charge in [-0.25, -0.2) is 9.37 Å². The van der Waals surface area contributed by atoms with Gasteiger partial charge in [0, 0.05) is 25.8 Å². The predicted molar refractivity (Wildman–Crippen MR) is 81.1 cm³/mol. The molecule has 2 rings (SSSR count). The SMILES string of the molecule is CCOCc1nc(NC)cc(Oc2cc(F)ccc2Br)n1. The van der Waals surface area contributed by atoms with Crippen LogP contribution in [-0.4, -0.2) is 23.6 Å². The number of hydrogen-bond acceptors (Lipinski definition) is 5. The van der Waals surface area contributed by atoms with Crippen LogP contribution in [0.25, 0.3) is 0 Å². The maximum absolute atomic E-state index is 13.3. The highest BCUT2D eigenvalue weighted by molar-refractivity contribution is 9.10. The van der Waals surface area contributed by atoms with E-state index in [4.69, 9.17) is 9.47 Å². The van der Waals surface area contributed by atoms with Gasteiger partial charge in [-0.3, -0.25) is 0 Å². The number of anilines is 1. The van der Waals surface area contributed by atoms with E-state index in [2.05, 4.69) is 31.2 Å². The largest absolute Gasteiger partial charge is 0.438 e. The molecule has 1 aromatic carbocycles. The fourth-order valence-corrected chi connectivity index (χ4v) is 1.91. The second-order valence-corrected chi connectivity index (χ2v) is 4.93. The van der Waals surface area contributed by atoms with Gasteiger partial charge in [-0.1, -0.05) is 0 Å². The minimum atomic E-state index is -0.384. The highest BCUT2D eigenvalue weighted by atomic mass is 79.9. The molecule has 0 aliphatic carbocycles. The number of nitrogens with zero attached hydrogens (tertiary/aromatic N) is 2.